The molecule has 1 fully saturated rings. The number of piperidine rings is 1. The maximum Gasteiger partial charge on any atom is 0.227 e. The lowest BCUT2D eigenvalue weighted by Gasteiger charge is -2.32. The normalized spacial score (nSPS) is 27.4. The van der Waals surface area contributed by atoms with Gasteiger partial charge in [0, 0.05) is 13.1 Å². The van der Waals surface area contributed by atoms with Crippen molar-refractivity contribution in [2.45, 2.75) is 45.6 Å². The lowest BCUT2D eigenvalue weighted by Crippen LogP contribution is -2.48. The molecule has 0 aromatic rings. The standard InChI is InChI=1S/C12H24N2O2/c1-10(15)5-3-8-14-11(16)12(2)6-4-7-13-9-12/h10,13,15H,3-9H2,1-2H3,(H,14,16). The van der Waals surface area contributed by atoms with Crippen LogP contribution in [0.2, 0.25) is 0 Å². The van der Waals surface area contributed by atoms with Crippen LogP contribution in [0.5, 0.6) is 0 Å². The van der Waals surface area contributed by atoms with E-state index in [1.165, 1.54) is 0 Å². The fourth-order valence-corrected chi connectivity index (χ4v) is 2.06. The Morgan fingerprint density at radius 2 is 2.38 bits per heavy atom. The van der Waals surface area contributed by atoms with Crippen LogP contribution in [0, 0.1) is 5.41 Å². The molecule has 1 heterocycles. The van der Waals surface area contributed by atoms with Crippen molar-refractivity contribution in [3.05, 3.63) is 0 Å². The highest BCUT2D eigenvalue weighted by Gasteiger charge is 2.34. The summed E-state index contributed by atoms with van der Waals surface area (Å²) in [4.78, 5) is 12.0. The Bertz CT molecular complexity index is 223. The summed E-state index contributed by atoms with van der Waals surface area (Å²) in [6, 6.07) is 0. The van der Waals surface area contributed by atoms with Crippen LogP contribution in [0.3, 0.4) is 0 Å². The van der Waals surface area contributed by atoms with E-state index in [2.05, 4.69) is 10.6 Å². The van der Waals surface area contributed by atoms with Crippen molar-refractivity contribution in [2.24, 2.45) is 5.41 Å². The molecule has 1 amide bonds. The maximum absolute atomic E-state index is 12.0. The second-order valence-corrected chi connectivity index (χ2v) is 5.09. The van der Waals surface area contributed by atoms with Crippen molar-refractivity contribution in [3.8, 4) is 0 Å². The number of nitrogens with one attached hydrogen (secondary N) is 2. The van der Waals surface area contributed by atoms with Crippen molar-refractivity contribution in [3.63, 3.8) is 0 Å². The van der Waals surface area contributed by atoms with E-state index < -0.39 is 0 Å². The molecule has 1 rings (SSSR count). The molecular formula is C12H24N2O2. The fraction of sp³-hybridized carbons (Fsp3) is 0.917. The third kappa shape index (κ3) is 4.10. The molecule has 2 atom stereocenters. The van der Waals surface area contributed by atoms with E-state index in [9.17, 15) is 4.79 Å². The van der Waals surface area contributed by atoms with Gasteiger partial charge in [0.05, 0.1) is 11.5 Å². The Kier molecular flexibility index (Phi) is 5.22. The Hall–Kier alpha value is -0.610. The summed E-state index contributed by atoms with van der Waals surface area (Å²) in [5, 5.41) is 15.3. The second kappa shape index (κ2) is 6.21. The van der Waals surface area contributed by atoms with Gasteiger partial charge in [-0.3, -0.25) is 4.79 Å². The lowest BCUT2D eigenvalue weighted by atomic mass is 9.82. The highest BCUT2D eigenvalue weighted by molar-refractivity contribution is 5.82. The minimum Gasteiger partial charge on any atom is -0.393 e. The first-order valence-electron chi connectivity index (χ1n) is 6.22. The zero-order chi connectivity index (χ0) is 12.0. The Balaban J connectivity index is 2.23. The van der Waals surface area contributed by atoms with Crippen LogP contribution in [-0.4, -0.2) is 36.8 Å². The van der Waals surface area contributed by atoms with Crippen LogP contribution in [-0.2, 0) is 4.79 Å². The van der Waals surface area contributed by atoms with Gasteiger partial charge in [-0.15, -0.1) is 0 Å². The number of carbonyl (C=O) groups excluding carboxylic acids is 1. The zero-order valence-electron chi connectivity index (χ0n) is 10.4. The van der Waals surface area contributed by atoms with E-state index in [-0.39, 0.29) is 17.4 Å². The molecule has 0 aliphatic carbocycles. The van der Waals surface area contributed by atoms with E-state index in [1.54, 1.807) is 6.92 Å². The highest BCUT2D eigenvalue weighted by atomic mass is 16.3. The summed E-state index contributed by atoms with van der Waals surface area (Å²) in [6.07, 6.45) is 3.34. The highest BCUT2D eigenvalue weighted by Crippen LogP contribution is 2.25. The number of rotatable bonds is 5. The van der Waals surface area contributed by atoms with Gasteiger partial charge in [0.15, 0.2) is 0 Å². The van der Waals surface area contributed by atoms with Gasteiger partial charge < -0.3 is 15.7 Å². The lowest BCUT2D eigenvalue weighted by molar-refractivity contribution is -0.131. The fourth-order valence-electron chi connectivity index (χ4n) is 2.06. The molecule has 16 heavy (non-hydrogen) atoms. The number of amides is 1. The number of aliphatic hydroxyl groups is 1. The maximum atomic E-state index is 12.0. The first-order chi connectivity index (χ1) is 7.54. The topological polar surface area (TPSA) is 61.4 Å². The van der Waals surface area contributed by atoms with Crippen LogP contribution in [0.25, 0.3) is 0 Å². The molecule has 0 bridgehead atoms. The summed E-state index contributed by atoms with van der Waals surface area (Å²) in [6.45, 7) is 6.25. The van der Waals surface area contributed by atoms with Crippen molar-refractivity contribution in [1.82, 2.24) is 10.6 Å². The smallest absolute Gasteiger partial charge is 0.227 e. The molecular weight excluding hydrogens is 204 g/mol. The van der Waals surface area contributed by atoms with Crippen LogP contribution >= 0.6 is 0 Å². The average Bonchev–Trinajstić information content (AvgIpc) is 2.25. The third-order valence-corrected chi connectivity index (χ3v) is 3.23. The van der Waals surface area contributed by atoms with Gasteiger partial charge in [0.25, 0.3) is 0 Å². The van der Waals surface area contributed by atoms with E-state index in [0.717, 1.165) is 38.8 Å². The van der Waals surface area contributed by atoms with Crippen molar-refractivity contribution >= 4 is 5.91 Å². The van der Waals surface area contributed by atoms with Gasteiger partial charge in [-0.2, -0.15) is 0 Å². The summed E-state index contributed by atoms with van der Waals surface area (Å²) < 4.78 is 0. The molecule has 0 radical (unpaired) electrons. The number of hydrogen-bond acceptors (Lipinski definition) is 3. The molecule has 3 N–H and O–H groups in total. The monoisotopic (exact) mass is 228 g/mol. The predicted octanol–water partition coefficient (Wildman–Crippen LogP) is 0.653. The van der Waals surface area contributed by atoms with Crippen LogP contribution in [0.1, 0.15) is 39.5 Å². The van der Waals surface area contributed by atoms with E-state index >= 15 is 0 Å². The van der Waals surface area contributed by atoms with Crippen LogP contribution in [0.4, 0.5) is 0 Å². The number of aliphatic hydroxyl groups excluding tert-OH is 1. The molecule has 4 heteroatoms. The Labute approximate surface area is 97.8 Å². The van der Waals surface area contributed by atoms with Gasteiger partial charge in [-0.05, 0) is 46.1 Å². The Morgan fingerprint density at radius 3 is 2.94 bits per heavy atom. The molecule has 2 unspecified atom stereocenters. The molecule has 94 valence electrons. The zero-order valence-corrected chi connectivity index (χ0v) is 10.4. The van der Waals surface area contributed by atoms with Crippen molar-refractivity contribution in [1.29, 1.82) is 0 Å². The molecule has 1 saturated heterocycles. The van der Waals surface area contributed by atoms with Crippen molar-refractivity contribution in [2.75, 3.05) is 19.6 Å². The molecule has 1 aliphatic heterocycles. The summed E-state index contributed by atoms with van der Waals surface area (Å²) in [5.74, 6) is 0.144. The van der Waals surface area contributed by atoms with Crippen LogP contribution in [0.15, 0.2) is 0 Å². The predicted molar refractivity (Wildman–Crippen MR) is 64.1 cm³/mol. The van der Waals surface area contributed by atoms with Gasteiger partial charge in [0.2, 0.25) is 5.91 Å². The number of hydrogen-bond donors (Lipinski definition) is 3. The molecule has 0 saturated carbocycles. The average molecular weight is 228 g/mol. The largest absolute Gasteiger partial charge is 0.393 e. The minimum atomic E-state index is -0.274. The summed E-state index contributed by atoms with van der Waals surface area (Å²) in [5.41, 5.74) is -0.247. The molecule has 0 aromatic carbocycles. The first kappa shape index (κ1) is 13.5. The van der Waals surface area contributed by atoms with Gasteiger partial charge >= 0.3 is 0 Å². The van der Waals surface area contributed by atoms with Gasteiger partial charge in [-0.1, -0.05) is 0 Å². The van der Waals surface area contributed by atoms with Crippen molar-refractivity contribution < 1.29 is 9.90 Å². The first-order valence-corrected chi connectivity index (χ1v) is 6.22. The molecule has 1 aliphatic rings. The van der Waals surface area contributed by atoms with E-state index in [4.69, 9.17) is 5.11 Å². The number of carbonyl (C=O) groups is 1. The van der Waals surface area contributed by atoms with Crippen LogP contribution < -0.4 is 10.6 Å². The molecule has 0 aromatic heterocycles. The molecule has 4 nitrogen and oxygen atoms in total. The summed E-state index contributed by atoms with van der Waals surface area (Å²) in [7, 11) is 0. The molecule has 0 spiro atoms. The van der Waals surface area contributed by atoms with E-state index in [0.29, 0.717) is 6.54 Å². The van der Waals surface area contributed by atoms with Gasteiger partial charge in [-0.25, -0.2) is 0 Å². The Morgan fingerprint density at radius 1 is 1.62 bits per heavy atom. The minimum absolute atomic E-state index is 0.144. The second-order valence-electron chi connectivity index (χ2n) is 5.09. The van der Waals surface area contributed by atoms with E-state index in [1.807, 2.05) is 6.92 Å². The summed E-state index contributed by atoms with van der Waals surface area (Å²) >= 11 is 0. The SMILES string of the molecule is CC(O)CCCNC(=O)C1(C)CCCNC1. The third-order valence-electron chi connectivity index (χ3n) is 3.23. The van der Waals surface area contributed by atoms with Gasteiger partial charge in [0.1, 0.15) is 0 Å². The quantitative estimate of drug-likeness (QED) is 0.606.